The van der Waals surface area contributed by atoms with E-state index < -0.39 is 0 Å². The van der Waals surface area contributed by atoms with Crippen LogP contribution in [0, 0.1) is 162 Å². The van der Waals surface area contributed by atoms with Gasteiger partial charge in [0.25, 0.3) is 0 Å². The summed E-state index contributed by atoms with van der Waals surface area (Å²) in [5, 5.41) is 13.6. The van der Waals surface area contributed by atoms with Gasteiger partial charge in [-0.25, -0.2) is 0 Å². The van der Waals surface area contributed by atoms with Crippen molar-refractivity contribution in [3.05, 3.63) is 0 Å². The molecule has 4 amide bonds. The molecule has 12 aliphatic rings. The predicted octanol–water partition coefficient (Wildman–Crippen LogP) is 23.1. The number of carbonyl (C=O) groups excluding carboxylic acids is 4. The van der Waals surface area contributed by atoms with Crippen LogP contribution in [0.3, 0.4) is 0 Å². The standard InChI is InChI=1S/C49H86N2O2.C44H76N2O2/c1-34(2)36-18-22-40-38(30-36)20-24-42-46(5,26-14-28-48(40,42)7)32-50-44(52)16-12-10-9-11-13-17-45(53)51-33-47(6)27-15-29-49(8)41-23-19-37(35(3)4)31-39(41)21-25-43(47)49;1-29(2)31-11-15-35-33(25-31)13-17-37-41(5,21-9-23-43(35,37)7)27-45-39(47)19-20-40(48)46-28-42(6)22-10-24-44(8)36-16-12-32(30(3)4)26-34(36)14-18-38(42)44/h34-43H,9-33H2,1-8H3,(H,50,52)(H,51,53);29-38H,9-28H2,1-8H3,(H,45,47)(H,46,48)/t36?,37?,38?,39?,40?,41?,42?,43?,46?,47?,48-,49+;31?,32?,33?,34?,35?,36?,37?,38?,41?,42?,43-,44+. The zero-order chi connectivity index (χ0) is 72.5. The van der Waals surface area contributed by atoms with Gasteiger partial charge in [0, 0.05) is 51.9 Å². The van der Waals surface area contributed by atoms with Crippen LogP contribution in [0.4, 0.5) is 0 Å². The molecule has 0 aliphatic heterocycles. The highest BCUT2D eigenvalue weighted by Crippen LogP contribution is 2.69. The van der Waals surface area contributed by atoms with Crippen LogP contribution in [0.25, 0.3) is 0 Å². The van der Waals surface area contributed by atoms with Crippen molar-refractivity contribution in [1.82, 2.24) is 21.3 Å². The third-order valence-corrected chi connectivity index (χ3v) is 36.1. The predicted molar refractivity (Wildman–Crippen MR) is 421 cm³/mol. The van der Waals surface area contributed by atoms with Gasteiger partial charge in [0.1, 0.15) is 0 Å². The molecule has 4 N–H and O–H groups in total. The summed E-state index contributed by atoms with van der Waals surface area (Å²) < 4.78 is 0. The van der Waals surface area contributed by atoms with Crippen LogP contribution in [0.15, 0.2) is 0 Å². The molecule has 0 heterocycles. The lowest BCUT2D eigenvalue weighted by atomic mass is 9.43. The average molecular weight is 1400 g/mol. The average Bonchev–Trinajstić information content (AvgIpc) is 0.751. The number of carbonyl (C=O) groups is 4. The molecule has 12 fully saturated rings. The van der Waals surface area contributed by atoms with E-state index in [1.54, 1.807) is 0 Å². The minimum Gasteiger partial charge on any atom is -0.356 e. The SMILES string of the molecule is CC(C)C1CCC2C(CCC3C(C)(CNC(=O)CCC(=O)NCC4(C)CCC[C@]5(C)C6CCC(C(C)C)CC6CCC45)CCC[C@@]23C)C1.CC(C)C1CCC2C(CCC3C(C)(CNC(=O)CCCCCCCC(=O)NCC4(C)CCC[C@]5(C)C6CCC(C(C)C)CC6CCC45)CCC[C@@]23C)C1. The van der Waals surface area contributed by atoms with Gasteiger partial charge >= 0.3 is 0 Å². The summed E-state index contributed by atoms with van der Waals surface area (Å²) in [7, 11) is 0. The Hall–Kier alpha value is -2.12. The first-order valence-electron chi connectivity index (χ1n) is 44.9. The second-order valence-electron chi connectivity index (χ2n) is 43.2. The minimum atomic E-state index is 0.0663. The smallest absolute Gasteiger partial charge is 0.220 e. The van der Waals surface area contributed by atoms with E-state index in [2.05, 4.69) is 132 Å². The van der Waals surface area contributed by atoms with E-state index in [-0.39, 0.29) is 45.3 Å². The lowest BCUT2D eigenvalue weighted by Gasteiger charge is -2.62. The highest BCUT2D eigenvalue weighted by molar-refractivity contribution is 5.83. The molecule has 101 heavy (non-hydrogen) atoms. The Balaban J connectivity index is 0.000000204. The molecule has 20 unspecified atom stereocenters. The molecule has 0 radical (unpaired) electrons. The lowest BCUT2D eigenvalue weighted by molar-refractivity contribution is -0.133. The summed E-state index contributed by atoms with van der Waals surface area (Å²) in [5.74, 6) is 17.7. The van der Waals surface area contributed by atoms with Gasteiger partial charge in [0.15, 0.2) is 0 Å². The maximum atomic E-state index is 13.2. The van der Waals surface area contributed by atoms with Crippen LogP contribution in [0.2, 0.25) is 0 Å². The Morgan fingerprint density at radius 3 is 0.723 bits per heavy atom. The van der Waals surface area contributed by atoms with Crippen LogP contribution in [0.5, 0.6) is 0 Å². The lowest BCUT2D eigenvalue weighted by Crippen LogP contribution is -2.56. The first kappa shape index (κ1) is 79.9. The number of rotatable bonds is 23. The first-order chi connectivity index (χ1) is 47.9. The van der Waals surface area contributed by atoms with E-state index in [4.69, 9.17) is 0 Å². The maximum absolute atomic E-state index is 13.2. The third-order valence-electron chi connectivity index (χ3n) is 36.1. The molecule has 0 bridgehead atoms. The maximum Gasteiger partial charge on any atom is 0.220 e. The summed E-state index contributed by atoms with van der Waals surface area (Å²) >= 11 is 0. The Morgan fingerprint density at radius 2 is 0.495 bits per heavy atom. The number of nitrogens with one attached hydrogen (secondary N) is 4. The third kappa shape index (κ3) is 17.2. The number of fused-ring (bicyclic) bond motifs is 12. The second-order valence-corrected chi connectivity index (χ2v) is 43.2. The van der Waals surface area contributed by atoms with Crippen LogP contribution in [0.1, 0.15) is 374 Å². The fourth-order valence-electron chi connectivity index (χ4n) is 30.2. The Kier molecular flexibility index (Phi) is 26.1. The largest absolute Gasteiger partial charge is 0.356 e. The van der Waals surface area contributed by atoms with Gasteiger partial charge in [-0.1, -0.05) is 156 Å². The van der Waals surface area contributed by atoms with Gasteiger partial charge in [-0.3, -0.25) is 19.2 Å². The molecule has 0 aromatic carbocycles. The summed E-state index contributed by atoms with van der Waals surface area (Å²) in [6.07, 6.45) is 51.1. The molecule has 0 aromatic heterocycles. The van der Waals surface area contributed by atoms with Crippen molar-refractivity contribution in [2.45, 2.75) is 374 Å². The molecule has 8 nitrogen and oxygen atoms in total. The zero-order valence-corrected chi connectivity index (χ0v) is 69.0. The molecule has 24 atom stereocenters. The highest BCUT2D eigenvalue weighted by Gasteiger charge is 2.62. The molecule has 12 aliphatic carbocycles. The highest BCUT2D eigenvalue weighted by atomic mass is 16.2. The van der Waals surface area contributed by atoms with E-state index in [0.717, 1.165) is 165 Å². The fourth-order valence-corrected chi connectivity index (χ4v) is 30.2. The summed E-state index contributed by atoms with van der Waals surface area (Å²) in [6, 6.07) is 0. The van der Waals surface area contributed by atoms with Gasteiger partial charge < -0.3 is 21.3 Å². The number of hydrogen-bond acceptors (Lipinski definition) is 4. The number of hydrogen-bond donors (Lipinski definition) is 4. The fraction of sp³-hybridized carbons (Fsp3) is 0.957. The molecule has 8 heteroatoms. The molecular formula is C93H162N4O4. The van der Waals surface area contributed by atoms with Crippen molar-refractivity contribution in [2.24, 2.45) is 162 Å². The molecule has 12 rings (SSSR count). The van der Waals surface area contributed by atoms with Crippen molar-refractivity contribution < 1.29 is 19.2 Å². The van der Waals surface area contributed by atoms with E-state index in [0.29, 0.717) is 59.2 Å². The van der Waals surface area contributed by atoms with Gasteiger partial charge in [-0.05, 0) is 354 Å². The van der Waals surface area contributed by atoms with Crippen molar-refractivity contribution >= 4 is 23.6 Å². The van der Waals surface area contributed by atoms with Crippen LogP contribution >= 0.6 is 0 Å². The van der Waals surface area contributed by atoms with Crippen molar-refractivity contribution in [1.29, 1.82) is 0 Å². The second kappa shape index (κ2) is 33.0. The van der Waals surface area contributed by atoms with E-state index >= 15 is 0 Å². The molecule has 0 spiro atoms. The van der Waals surface area contributed by atoms with E-state index in [1.807, 2.05) is 0 Å². The topological polar surface area (TPSA) is 116 Å². The zero-order valence-electron chi connectivity index (χ0n) is 69.0. The molecular weight excluding hydrogens is 1240 g/mol. The van der Waals surface area contributed by atoms with Crippen molar-refractivity contribution in [3.63, 3.8) is 0 Å². The first-order valence-corrected chi connectivity index (χ1v) is 44.9. The van der Waals surface area contributed by atoms with Gasteiger partial charge in [-0.2, -0.15) is 0 Å². The summed E-state index contributed by atoms with van der Waals surface area (Å²) in [5.41, 5.74) is 2.56. The van der Waals surface area contributed by atoms with E-state index in [9.17, 15) is 19.2 Å². The number of unbranched alkanes of at least 4 members (excludes halogenated alkanes) is 4. The van der Waals surface area contributed by atoms with E-state index in [1.165, 1.54) is 205 Å². The summed E-state index contributed by atoms with van der Waals surface area (Å²) in [4.78, 5) is 52.5. The Morgan fingerprint density at radius 1 is 0.277 bits per heavy atom. The molecule has 0 aromatic rings. The Bertz CT molecular complexity index is 2560. The van der Waals surface area contributed by atoms with Gasteiger partial charge in [-0.15, -0.1) is 0 Å². The molecule has 578 valence electrons. The molecule has 0 saturated heterocycles. The Labute approximate surface area is 622 Å². The van der Waals surface area contributed by atoms with Crippen LogP contribution in [-0.4, -0.2) is 49.8 Å². The molecule has 12 saturated carbocycles. The van der Waals surface area contributed by atoms with Crippen LogP contribution in [-0.2, 0) is 19.2 Å². The minimum absolute atomic E-state index is 0.0663. The van der Waals surface area contributed by atoms with Gasteiger partial charge in [0.05, 0.1) is 0 Å². The number of amides is 4. The van der Waals surface area contributed by atoms with Crippen LogP contribution < -0.4 is 21.3 Å². The summed E-state index contributed by atoms with van der Waals surface area (Å²) in [6.45, 7) is 43.3. The monoisotopic (exact) mass is 1400 g/mol. The van der Waals surface area contributed by atoms with Crippen molar-refractivity contribution in [3.8, 4) is 0 Å². The van der Waals surface area contributed by atoms with Crippen molar-refractivity contribution in [2.75, 3.05) is 26.2 Å². The normalized spacial score (nSPS) is 44.1. The quantitative estimate of drug-likeness (QED) is 0.0763. The van der Waals surface area contributed by atoms with Gasteiger partial charge in [0.2, 0.25) is 23.6 Å².